The molecule has 34 heavy (non-hydrogen) atoms. The minimum atomic E-state index is -0.141. The third kappa shape index (κ3) is 4.79. The van der Waals surface area contributed by atoms with Crippen molar-refractivity contribution in [1.29, 1.82) is 0 Å². The van der Waals surface area contributed by atoms with E-state index in [-0.39, 0.29) is 17.9 Å². The molecule has 5 rings (SSSR count). The molecule has 4 aromatic rings. The van der Waals surface area contributed by atoms with Crippen LogP contribution in [0.2, 0.25) is 0 Å². The quantitative estimate of drug-likeness (QED) is 0.334. The molecule has 0 bridgehead atoms. The first-order chi connectivity index (χ1) is 16.7. The molecule has 0 radical (unpaired) electrons. The number of thioether (sulfide) groups is 1. The van der Waals surface area contributed by atoms with Gasteiger partial charge in [-0.1, -0.05) is 30.0 Å². The first kappa shape index (κ1) is 22.1. The number of hydrogen-bond acceptors (Lipinski definition) is 7. The van der Waals surface area contributed by atoms with E-state index in [1.54, 1.807) is 47.9 Å². The van der Waals surface area contributed by atoms with E-state index in [1.165, 1.54) is 11.8 Å². The molecular formula is C25H23N5O3S. The van der Waals surface area contributed by atoms with E-state index in [0.717, 1.165) is 10.9 Å². The lowest BCUT2D eigenvalue weighted by Crippen LogP contribution is -2.46. The van der Waals surface area contributed by atoms with Gasteiger partial charge < -0.3 is 14.6 Å². The molecule has 2 amide bonds. The van der Waals surface area contributed by atoms with Gasteiger partial charge in [-0.25, -0.2) is 9.97 Å². The van der Waals surface area contributed by atoms with E-state index in [0.29, 0.717) is 53.7 Å². The number of amides is 2. The molecule has 0 atom stereocenters. The highest BCUT2D eigenvalue weighted by molar-refractivity contribution is 7.98. The summed E-state index contributed by atoms with van der Waals surface area (Å²) < 4.78 is 6.03. The van der Waals surface area contributed by atoms with Crippen LogP contribution in [0, 0.1) is 0 Å². The largest absolute Gasteiger partial charge is 0.451 e. The van der Waals surface area contributed by atoms with E-state index in [2.05, 4.69) is 20.3 Å². The zero-order valence-electron chi connectivity index (χ0n) is 18.4. The van der Waals surface area contributed by atoms with Crippen LogP contribution in [-0.2, 0) is 5.75 Å². The van der Waals surface area contributed by atoms with Crippen molar-refractivity contribution >= 4 is 34.5 Å². The van der Waals surface area contributed by atoms with Crippen molar-refractivity contribution in [3.05, 3.63) is 84.1 Å². The van der Waals surface area contributed by atoms with Crippen molar-refractivity contribution in [3.63, 3.8) is 0 Å². The Morgan fingerprint density at radius 1 is 1.03 bits per heavy atom. The van der Waals surface area contributed by atoms with Gasteiger partial charge in [0.25, 0.3) is 11.8 Å². The lowest BCUT2D eigenvalue weighted by atomic mass is 10.0. The Kier molecular flexibility index (Phi) is 6.53. The van der Waals surface area contributed by atoms with Crippen LogP contribution in [0.1, 0.15) is 39.3 Å². The van der Waals surface area contributed by atoms with Crippen LogP contribution in [0.4, 0.5) is 0 Å². The highest BCUT2D eigenvalue weighted by atomic mass is 32.2. The fraction of sp³-hybridized carbons (Fsp3) is 0.240. The number of aromatic nitrogens is 3. The average molecular weight is 474 g/mol. The number of hydrogen-bond donors (Lipinski definition) is 1. The van der Waals surface area contributed by atoms with Gasteiger partial charge in [-0.3, -0.25) is 14.6 Å². The van der Waals surface area contributed by atoms with Crippen molar-refractivity contribution in [2.75, 3.05) is 13.1 Å². The lowest BCUT2D eigenvalue weighted by molar-refractivity contribution is 0.0668. The highest BCUT2D eigenvalue weighted by Gasteiger charge is 2.29. The monoisotopic (exact) mass is 473 g/mol. The van der Waals surface area contributed by atoms with Crippen LogP contribution in [0.25, 0.3) is 11.0 Å². The van der Waals surface area contributed by atoms with E-state index >= 15 is 0 Å². The molecule has 1 saturated heterocycles. The second-order valence-electron chi connectivity index (χ2n) is 8.01. The molecular weight excluding hydrogens is 450 g/mol. The summed E-state index contributed by atoms with van der Waals surface area (Å²) in [6.45, 7) is 1.09. The van der Waals surface area contributed by atoms with Crippen LogP contribution in [0.15, 0.2) is 76.8 Å². The maximum Gasteiger partial charge on any atom is 0.289 e. The Morgan fingerprint density at radius 2 is 1.82 bits per heavy atom. The standard InChI is InChI=1S/C25H23N5O3S/c31-23(17-5-3-10-26-15-17)29-18-8-13-30(14-9-18)24(32)22-20(16-34-25-27-11-4-12-28-25)19-6-1-2-7-21(19)33-22/h1-7,10-12,15,18H,8-9,13-14,16H2,(H,29,31). The Bertz CT molecular complexity index is 1290. The summed E-state index contributed by atoms with van der Waals surface area (Å²) in [5.74, 6) is 0.623. The van der Waals surface area contributed by atoms with Gasteiger partial charge in [0.2, 0.25) is 0 Å². The van der Waals surface area contributed by atoms with Crippen LogP contribution < -0.4 is 5.32 Å². The zero-order chi connectivity index (χ0) is 23.3. The number of carbonyl (C=O) groups is 2. The molecule has 0 spiro atoms. The van der Waals surface area contributed by atoms with Gasteiger partial charge >= 0.3 is 0 Å². The highest BCUT2D eigenvalue weighted by Crippen LogP contribution is 2.32. The number of para-hydroxylation sites is 1. The average Bonchev–Trinajstić information content (AvgIpc) is 3.27. The summed E-state index contributed by atoms with van der Waals surface area (Å²) in [6, 6.07) is 12.9. The molecule has 1 aliphatic heterocycles. The van der Waals surface area contributed by atoms with Gasteiger partial charge in [0.05, 0.1) is 5.56 Å². The normalized spacial score (nSPS) is 14.3. The molecule has 0 unspecified atom stereocenters. The summed E-state index contributed by atoms with van der Waals surface area (Å²) in [5.41, 5.74) is 2.08. The number of nitrogens with zero attached hydrogens (tertiary/aromatic N) is 4. The number of rotatable bonds is 6. The third-order valence-corrected chi connectivity index (χ3v) is 6.72. The maximum atomic E-state index is 13.4. The summed E-state index contributed by atoms with van der Waals surface area (Å²) in [7, 11) is 0. The molecule has 3 aromatic heterocycles. The van der Waals surface area contributed by atoms with Crippen LogP contribution in [0.3, 0.4) is 0 Å². The van der Waals surface area contributed by atoms with Crippen molar-refractivity contribution in [2.24, 2.45) is 0 Å². The Balaban J connectivity index is 1.28. The van der Waals surface area contributed by atoms with E-state index < -0.39 is 0 Å². The molecule has 1 aromatic carbocycles. The second kappa shape index (κ2) is 10.0. The van der Waals surface area contributed by atoms with Crippen molar-refractivity contribution in [1.82, 2.24) is 25.2 Å². The Labute approximate surface area is 200 Å². The van der Waals surface area contributed by atoms with E-state index in [9.17, 15) is 9.59 Å². The van der Waals surface area contributed by atoms with Gasteiger partial charge in [-0.2, -0.15) is 0 Å². The number of pyridine rings is 1. The first-order valence-electron chi connectivity index (χ1n) is 11.1. The number of carbonyl (C=O) groups excluding carboxylic acids is 2. The second-order valence-corrected chi connectivity index (χ2v) is 8.95. The predicted molar refractivity (Wildman–Crippen MR) is 128 cm³/mol. The summed E-state index contributed by atoms with van der Waals surface area (Å²) in [4.78, 5) is 40.2. The van der Waals surface area contributed by atoms with Crippen molar-refractivity contribution in [2.45, 2.75) is 29.8 Å². The van der Waals surface area contributed by atoms with Crippen molar-refractivity contribution < 1.29 is 14.0 Å². The fourth-order valence-corrected chi connectivity index (χ4v) is 4.88. The predicted octanol–water partition coefficient (Wildman–Crippen LogP) is 3.94. The maximum absolute atomic E-state index is 13.4. The van der Waals surface area contributed by atoms with Crippen molar-refractivity contribution in [3.8, 4) is 0 Å². The number of furan rings is 1. The molecule has 172 valence electrons. The number of benzene rings is 1. The summed E-state index contributed by atoms with van der Waals surface area (Å²) in [6.07, 6.45) is 7.95. The molecule has 0 saturated carbocycles. The van der Waals surface area contributed by atoms with E-state index in [4.69, 9.17) is 4.42 Å². The molecule has 8 nitrogen and oxygen atoms in total. The third-order valence-electron chi connectivity index (χ3n) is 5.82. The van der Waals surface area contributed by atoms with Crippen LogP contribution in [0.5, 0.6) is 0 Å². The Hall–Kier alpha value is -3.72. The zero-order valence-corrected chi connectivity index (χ0v) is 19.2. The van der Waals surface area contributed by atoms with Crippen LogP contribution >= 0.6 is 11.8 Å². The van der Waals surface area contributed by atoms with Crippen LogP contribution in [-0.4, -0.2) is 50.8 Å². The van der Waals surface area contributed by atoms with Gasteiger partial charge in [0, 0.05) is 60.6 Å². The molecule has 0 aliphatic carbocycles. The number of nitrogens with one attached hydrogen (secondary N) is 1. The SMILES string of the molecule is O=C(NC1CCN(C(=O)c2oc3ccccc3c2CSc2ncccn2)CC1)c1cccnc1. The van der Waals surface area contributed by atoms with E-state index in [1.807, 2.05) is 24.3 Å². The smallest absolute Gasteiger partial charge is 0.289 e. The number of piperidine rings is 1. The first-order valence-corrected chi connectivity index (χ1v) is 12.1. The van der Waals surface area contributed by atoms with Gasteiger partial charge in [0.1, 0.15) is 5.58 Å². The molecule has 9 heteroatoms. The minimum Gasteiger partial charge on any atom is -0.451 e. The molecule has 1 aliphatic rings. The molecule has 1 fully saturated rings. The summed E-state index contributed by atoms with van der Waals surface area (Å²) in [5, 5.41) is 4.62. The Morgan fingerprint density at radius 3 is 2.59 bits per heavy atom. The van der Waals surface area contributed by atoms with Gasteiger partial charge in [-0.05, 0) is 37.1 Å². The minimum absolute atomic E-state index is 0.0117. The molecule has 4 heterocycles. The van der Waals surface area contributed by atoms with Gasteiger partial charge in [0.15, 0.2) is 10.9 Å². The number of fused-ring (bicyclic) bond motifs is 1. The number of likely N-dealkylation sites (tertiary alicyclic amines) is 1. The summed E-state index contributed by atoms with van der Waals surface area (Å²) >= 11 is 1.47. The van der Waals surface area contributed by atoms with Gasteiger partial charge in [-0.15, -0.1) is 0 Å². The topological polar surface area (TPSA) is 101 Å². The molecule has 1 N–H and O–H groups in total. The fourth-order valence-electron chi connectivity index (χ4n) is 4.05. The lowest BCUT2D eigenvalue weighted by Gasteiger charge is -2.32.